The molecule has 16 heteroatoms. The molecule has 0 saturated heterocycles. The number of ketones is 1. The Kier molecular flexibility index (Phi) is 8.86. The number of aryl methyl sites for hydroxylation is 2. The van der Waals surface area contributed by atoms with E-state index in [0.29, 0.717) is 39.4 Å². The van der Waals surface area contributed by atoms with Crippen LogP contribution in [-0.2, 0) is 20.2 Å². The molecule has 0 aromatic heterocycles. The van der Waals surface area contributed by atoms with Gasteiger partial charge in [0.25, 0.3) is 26.1 Å². The monoisotopic (exact) mass is 674 g/mol. The summed E-state index contributed by atoms with van der Waals surface area (Å²) in [6.45, 7) is 3.31. The minimum Gasteiger partial charge on any atom is -0.399 e. The maximum atomic E-state index is 13.4. The summed E-state index contributed by atoms with van der Waals surface area (Å²) in [5.41, 5.74) is 11.3. The van der Waals surface area contributed by atoms with Gasteiger partial charge in [-0.3, -0.25) is 24.1 Å². The summed E-state index contributed by atoms with van der Waals surface area (Å²) in [5, 5.41) is 15.0. The molecule has 6 N–H and O–H groups in total. The van der Waals surface area contributed by atoms with E-state index in [1.807, 2.05) is 0 Å². The summed E-state index contributed by atoms with van der Waals surface area (Å²) < 4.78 is 66.5. The van der Waals surface area contributed by atoms with Crippen LogP contribution >= 0.6 is 0 Å². The van der Waals surface area contributed by atoms with Gasteiger partial charge in [-0.05, 0) is 109 Å². The average molecular weight is 675 g/mol. The minimum absolute atomic E-state index is 0.0901. The molecule has 0 aliphatic heterocycles. The molecular formula is C31H26N6O8S2. The fraction of sp³-hybridized carbons (Fsp3) is 0.0645. The summed E-state index contributed by atoms with van der Waals surface area (Å²) in [7, 11) is -9.27. The zero-order chi connectivity index (χ0) is 34.1. The van der Waals surface area contributed by atoms with Crippen molar-refractivity contribution < 1.29 is 35.5 Å². The third kappa shape index (κ3) is 7.47. The van der Waals surface area contributed by atoms with Crippen LogP contribution in [0, 0.1) is 13.8 Å². The maximum absolute atomic E-state index is 13.4. The Morgan fingerprint density at radius 1 is 0.830 bits per heavy atom. The van der Waals surface area contributed by atoms with Crippen molar-refractivity contribution in [2.45, 2.75) is 18.7 Å². The molecule has 1 aliphatic rings. The molecule has 0 atom stereocenters. The maximum Gasteiger partial charge on any atom is 0.296 e. The van der Waals surface area contributed by atoms with Gasteiger partial charge in [0.2, 0.25) is 5.78 Å². The molecular weight excluding hydrogens is 649 g/mol. The van der Waals surface area contributed by atoms with Crippen molar-refractivity contribution in [2.24, 2.45) is 15.3 Å². The predicted octanol–water partition coefficient (Wildman–Crippen LogP) is 5.69. The molecule has 1 amide bonds. The summed E-state index contributed by atoms with van der Waals surface area (Å²) in [4.78, 5) is 25.0. The zero-order valence-electron chi connectivity index (χ0n) is 24.7. The Labute approximate surface area is 269 Å². The van der Waals surface area contributed by atoms with Crippen molar-refractivity contribution in [2.75, 3.05) is 16.5 Å². The van der Waals surface area contributed by atoms with Gasteiger partial charge >= 0.3 is 0 Å². The number of allylic oxidation sites excluding steroid dienone is 1. The van der Waals surface area contributed by atoms with E-state index in [2.05, 4.69) is 26.1 Å². The number of amides is 1. The van der Waals surface area contributed by atoms with Gasteiger partial charge in [0.05, 0.1) is 22.0 Å². The first-order valence-corrected chi connectivity index (χ1v) is 16.5. The van der Waals surface area contributed by atoms with Crippen LogP contribution in [-0.4, -0.2) is 43.3 Å². The molecule has 0 spiro atoms. The molecule has 240 valence electrons. The number of carbonyl (C=O) groups excluding carboxylic acids is 2. The van der Waals surface area contributed by atoms with Crippen molar-refractivity contribution in [3.63, 3.8) is 0 Å². The standard InChI is InChI=1S/C31H26N6O8S2/c1-17-12-23(34-35-27-11-8-24(13-18(27)2)46(40,41)42)7-10-26(17)36-37-29-28(47(43,44)45)16-20-15-22(6-9-25(20)30(29)38)33-31(39)19-4-3-5-21(32)14-19/h3-16,36H,32H2,1-2H3,(H,33,39)(H,40,41,42)(H,43,44,45)/b35-34?,37-29-. The number of hydrogen-bond donors (Lipinski definition) is 5. The smallest absolute Gasteiger partial charge is 0.296 e. The van der Waals surface area contributed by atoms with Gasteiger partial charge < -0.3 is 11.1 Å². The van der Waals surface area contributed by atoms with E-state index >= 15 is 0 Å². The Balaban J connectivity index is 1.37. The zero-order valence-corrected chi connectivity index (χ0v) is 26.3. The van der Waals surface area contributed by atoms with Crippen LogP contribution in [0.25, 0.3) is 6.08 Å². The molecule has 0 radical (unpaired) electrons. The number of Topliss-reactive ketones (excluding diaryl/α,β-unsaturated/α-hetero) is 1. The van der Waals surface area contributed by atoms with Gasteiger partial charge in [0.15, 0.2) is 5.71 Å². The lowest BCUT2D eigenvalue weighted by Crippen LogP contribution is -2.27. The Hall–Kier alpha value is -5.55. The van der Waals surface area contributed by atoms with E-state index in [0.717, 1.165) is 6.08 Å². The Morgan fingerprint density at radius 2 is 1.60 bits per heavy atom. The number of hydrazone groups is 1. The van der Waals surface area contributed by atoms with Gasteiger partial charge in [-0.1, -0.05) is 6.07 Å². The number of fused-ring (bicyclic) bond motifs is 1. The molecule has 14 nitrogen and oxygen atoms in total. The van der Waals surface area contributed by atoms with E-state index in [-0.39, 0.29) is 21.7 Å². The van der Waals surface area contributed by atoms with Crippen LogP contribution in [0.5, 0.6) is 0 Å². The summed E-state index contributed by atoms with van der Waals surface area (Å²) >= 11 is 0. The average Bonchev–Trinajstić information content (AvgIpc) is 2.99. The van der Waals surface area contributed by atoms with E-state index in [4.69, 9.17) is 5.73 Å². The molecule has 0 heterocycles. The molecule has 5 rings (SSSR count). The fourth-order valence-electron chi connectivity index (χ4n) is 4.57. The van der Waals surface area contributed by atoms with Crippen LogP contribution in [0.4, 0.5) is 28.4 Å². The van der Waals surface area contributed by atoms with Crippen molar-refractivity contribution in [1.29, 1.82) is 0 Å². The van der Waals surface area contributed by atoms with E-state index in [1.165, 1.54) is 42.5 Å². The minimum atomic E-state index is -4.91. The highest BCUT2D eigenvalue weighted by atomic mass is 32.2. The Morgan fingerprint density at radius 3 is 2.26 bits per heavy atom. The number of benzene rings is 4. The molecule has 4 aromatic rings. The van der Waals surface area contributed by atoms with Crippen molar-refractivity contribution in [3.05, 3.63) is 112 Å². The van der Waals surface area contributed by atoms with Gasteiger partial charge in [-0.25, -0.2) is 0 Å². The second kappa shape index (κ2) is 12.7. The number of anilines is 3. The molecule has 0 fully saturated rings. The lowest BCUT2D eigenvalue weighted by Gasteiger charge is -2.17. The summed E-state index contributed by atoms with van der Waals surface area (Å²) in [6, 6.07) is 19.2. The first kappa shape index (κ1) is 32.8. The molecule has 4 aromatic carbocycles. The predicted molar refractivity (Wildman–Crippen MR) is 177 cm³/mol. The van der Waals surface area contributed by atoms with Crippen molar-refractivity contribution in [1.82, 2.24) is 0 Å². The number of nitrogens with two attached hydrogens (primary N) is 1. The number of nitrogen functional groups attached to an aromatic ring is 1. The van der Waals surface area contributed by atoms with Crippen LogP contribution in [0.3, 0.4) is 0 Å². The van der Waals surface area contributed by atoms with Gasteiger partial charge in [0, 0.05) is 22.5 Å². The quantitative estimate of drug-likeness (QED) is 0.0663. The number of azo groups is 1. The van der Waals surface area contributed by atoms with Crippen molar-refractivity contribution >= 4 is 72.2 Å². The van der Waals surface area contributed by atoms with Crippen LogP contribution in [0.2, 0.25) is 0 Å². The highest BCUT2D eigenvalue weighted by molar-refractivity contribution is 7.91. The van der Waals surface area contributed by atoms with Crippen molar-refractivity contribution in [3.8, 4) is 0 Å². The van der Waals surface area contributed by atoms with Gasteiger partial charge in [-0.2, -0.15) is 32.2 Å². The van der Waals surface area contributed by atoms with E-state index in [9.17, 15) is 35.5 Å². The number of nitrogens with one attached hydrogen (secondary N) is 2. The summed E-state index contributed by atoms with van der Waals surface area (Å²) in [5.74, 6) is -1.26. The van der Waals surface area contributed by atoms with Crippen LogP contribution in [0.1, 0.15) is 37.4 Å². The molecule has 1 aliphatic carbocycles. The molecule has 0 unspecified atom stereocenters. The molecule has 0 saturated carbocycles. The first-order valence-electron chi connectivity index (χ1n) is 13.6. The highest BCUT2D eigenvalue weighted by Gasteiger charge is 2.33. The second-order valence-electron chi connectivity index (χ2n) is 10.4. The topological polar surface area (TPSA) is 230 Å². The third-order valence-corrected chi connectivity index (χ3v) is 8.67. The largest absolute Gasteiger partial charge is 0.399 e. The van der Waals surface area contributed by atoms with Gasteiger partial charge in [-0.15, -0.1) is 0 Å². The SMILES string of the molecule is Cc1cc(S(=O)(=O)O)ccc1N=Nc1ccc(N/N=C2\C(=O)c3ccc(NC(=O)c4cccc(N)c4)cc3C=C2S(=O)(=O)O)c(C)c1. The van der Waals surface area contributed by atoms with Crippen LogP contribution < -0.4 is 16.5 Å². The highest BCUT2D eigenvalue weighted by Crippen LogP contribution is 2.30. The fourth-order valence-corrected chi connectivity index (χ4v) is 5.79. The molecule has 47 heavy (non-hydrogen) atoms. The first-order chi connectivity index (χ1) is 22.1. The number of nitrogens with zero attached hydrogens (tertiary/aromatic N) is 3. The lowest BCUT2D eigenvalue weighted by molar-refractivity contribution is 0.102. The third-order valence-electron chi connectivity index (χ3n) is 6.95. The number of carbonyl (C=O) groups is 2. The van der Waals surface area contributed by atoms with E-state index in [1.54, 1.807) is 50.2 Å². The van der Waals surface area contributed by atoms with E-state index < -0.39 is 42.5 Å². The summed E-state index contributed by atoms with van der Waals surface area (Å²) in [6.07, 6.45) is 1.09. The van der Waals surface area contributed by atoms with Crippen LogP contribution in [0.15, 0.2) is 104 Å². The molecule has 0 bridgehead atoms. The number of hydrogen-bond acceptors (Lipinski definition) is 11. The normalized spacial score (nSPS) is 14.2. The number of rotatable bonds is 8. The van der Waals surface area contributed by atoms with Gasteiger partial charge in [0.1, 0.15) is 4.91 Å². The Bertz CT molecular complexity index is 2280. The second-order valence-corrected chi connectivity index (χ2v) is 13.2. The lowest BCUT2D eigenvalue weighted by atomic mass is 9.94.